The third-order valence-corrected chi connectivity index (χ3v) is 4.18. The summed E-state index contributed by atoms with van der Waals surface area (Å²) in [5.41, 5.74) is 0.896. The molecule has 0 fully saturated rings. The van der Waals surface area contributed by atoms with Crippen molar-refractivity contribution in [1.82, 2.24) is 14.9 Å². The van der Waals surface area contributed by atoms with Gasteiger partial charge in [0.15, 0.2) is 0 Å². The van der Waals surface area contributed by atoms with Crippen LogP contribution in [0.5, 0.6) is 0 Å². The molecule has 0 bridgehead atoms. The van der Waals surface area contributed by atoms with Crippen LogP contribution in [0.2, 0.25) is 0 Å². The summed E-state index contributed by atoms with van der Waals surface area (Å²) in [7, 11) is -3.70. The fourth-order valence-corrected chi connectivity index (χ4v) is 2.65. The van der Waals surface area contributed by atoms with Gasteiger partial charge in [0.25, 0.3) is 0 Å². The molecule has 4 N–H and O–H groups in total. The maximum absolute atomic E-state index is 11.2. The lowest BCUT2D eigenvalue weighted by atomic mass is 10.1. The number of aromatic nitrogens is 2. The number of imidazole rings is 1. The highest BCUT2D eigenvalue weighted by Gasteiger charge is 2.12. The SMILES string of the molecule is NS(=O)(=O)c1ccc(CCN(CC(=O)O)Cc2ncc[nH]2)cc1. The molecule has 0 saturated carbocycles. The van der Waals surface area contributed by atoms with Crippen molar-refractivity contribution in [2.45, 2.75) is 17.9 Å². The quantitative estimate of drug-likeness (QED) is 0.630. The number of nitrogens with one attached hydrogen (secondary N) is 1. The van der Waals surface area contributed by atoms with E-state index in [-0.39, 0.29) is 11.4 Å². The number of carbonyl (C=O) groups is 1. The Morgan fingerprint density at radius 3 is 2.52 bits per heavy atom. The highest BCUT2D eigenvalue weighted by molar-refractivity contribution is 7.89. The van der Waals surface area contributed by atoms with Crippen molar-refractivity contribution in [3.8, 4) is 0 Å². The highest BCUT2D eigenvalue weighted by Crippen LogP contribution is 2.10. The zero-order valence-electron chi connectivity index (χ0n) is 12.3. The Hall–Kier alpha value is -2.23. The molecule has 0 aliphatic heterocycles. The summed E-state index contributed by atoms with van der Waals surface area (Å²) in [5, 5.41) is 14.0. The van der Waals surface area contributed by atoms with Gasteiger partial charge in [-0.1, -0.05) is 12.1 Å². The number of nitrogens with zero attached hydrogens (tertiary/aromatic N) is 2. The molecule has 0 radical (unpaired) electrons. The van der Waals surface area contributed by atoms with Gasteiger partial charge in [0.05, 0.1) is 18.0 Å². The van der Waals surface area contributed by atoms with Crippen LogP contribution in [-0.2, 0) is 27.8 Å². The molecular formula is C14H18N4O4S. The molecular weight excluding hydrogens is 320 g/mol. The van der Waals surface area contributed by atoms with Gasteiger partial charge in [0, 0.05) is 18.9 Å². The van der Waals surface area contributed by atoms with Crippen molar-refractivity contribution in [2.75, 3.05) is 13.1 Å². The van der Waals surface area contributed by atoms with Gasteiger partial charge in [-0.2, -0.15) is 0 Å². The number of nitrogens with two attached hydrogens (primary N) is 1. The van der Waals surface area contributed by atoms with E-state index in [1.54, 1.807) is 29.4 Å². The van der Waals surface area contributed by atoms with Crippen LogP contribution in [0.15, 0.2) is 41.6 Å². The molecule has 0 amide bonds. The minimum atomic E-state index is -3.70. The van der Waals surface area contributed by atoms with Gasteiger partial charge >= 0.3 is 5.97 Å². The van der Waals surface area contributed by atoms with Crippen LogP contribution in [0, 0.1) is 0 Å². The lowest BCUT2D eigenvalue weighted by Crippen LogP contribution is -2.31. The molecule has 0 atom stereocenters. The van der Waals surface area contributed by atoms with Gasteiger partial charge in [0.2, 0.25) is 10.0 Å². The number of H-pyrrole nitrogens is 1. The molecule has 0 aliphatic carbocycles. The van der Waals surface area contributed by atoms with Crippen LogP contribution < -0.4 is 5.14 Å². The molecule has 1 aromatic heterocycles. The molecule has 2 rings (SSSR count). The summed E-state index contributed by atoms with van der Waals surface area (Å²) >= 11 is 0. The number of carboxylic acids is 1. The summed E-state index contributed by atoms with van der Waals surface area (Å²) in [6.07, 6.45) is 3.87. The van der Waals surface area contributed by atoms with Crippen LogP contribution in [0.3, 0.4) is 0 Å². The number of rotatable bonds is 8. The van der Waals surface area contributed by atoms with E-state index in [4.69, 9.17) is 10.2 Å². The summed E-state index contributed by atoms with van der Waals surface area (Å²) in [6, 6.07) is 6.23. The standard InChI is InChI=1S/C14H18N4O4S/c15-23(21,22)12-3-1-11(2-4-12)5-8-18(10-14(19)20)9-13-16-6-7-17-13/h1-4,6-7H,5,8-10H2,(H,16,17)(H,19,20)(H2,15,21,22). The maximum atomic E-state index is 11.2. The van der Waals surface area contributed by atoms with E-state index in [9.17, 15) is 13.2 Å². The molecule has 2 aromatic rings. The summed E-state index contributed by atoms with van der Waals surface area (Å²) in [4.78, 5) is 19.8. The van der Waals surface area contributed by atoms with Crippen molar-refractivity contribution in [1.29, 1.82) is 0 Å². The number of benzene rings is 1. The van der Waals surface area contributed by atoms with E-state index in [0.29, 0.717) is 25.3 Å². The maximum Gasteiger partial charge on any atom is 0.317 e. The molecule has 23 heavy (non-hydrogen) atoms. The van der Waals surface area contributed by atoms with E-state index in [2.05, 4.69) is 9.97 Å². The van der Waals surface area contributed by atoms with Gasteiger partial charge in [-0.15, -0.1) is 0 Å². The Kier molecular flexibility index (Phi) is 5.48. The van der Waals surface area contributed by atoms with Crippen LogP contribution in [0.4, 0.5) is 0 Å². The zero-order chi connectivity index (χ0) is 16.9. The van der Waals surface area contributed by atoms with Crippen LogP contribution in [0.25, 0.3) is 0 Å². The zero-order valence-corrected chi connectivity index (χ0v) is 13.2. The monoisotopic (exact) mass is 338 g/mol. The predicted molar refractivity (Wildman–Crippen MR) is 83.0 cm³/mol. The van der Waals surface area contributed by atoms with Crippen LogP contribution in [-0.4, -0.2) is 47.5 Å². The van der Waals surface area contributed by atoms with E-state index in [1.807, 2.05) is 0 Å². The normalized spacial score (nSPS) is 11.7. The molecule has 0 aliphatic rings. The third-order valence-electron chi connectivity index (χ3n) is 3.26. The van der Waals surface area contributed by atoms with Crippen molar-refractivity contribution < 1.29 is 18.3 Å². The first-order chi connectivity index (χ1) is 10.8. The minimum Gasteiger partial charge on any atom is -0.480 e. The number of primary sulfonamides is 1. The number of sulfonamides is 1. The van der Waals surface area contributed by atoms with Crippen LogP contribution in [0.1, 0.15) is 11.4 Å². The number of hydrogen-bond acceptors (Lipinski definition) is 5. The smallest absolute Gasteiger partial charge is 0.317 e. The van der Waals surface area contributed by atoms with Crippen molar-refractivity contribution in [2.24, 2.45) is 5.14 Å². The second-order valence-corrected chi connectivity index (χ2v) is 6.64. The number of hydrogen-bond donors (Lipinski definition) is 3. The number of aliphatic carboxylic acids is 1. The molecule has 0 saturated heterocycles. The second kappa shape index (κ2) is 7.36. The van der Waals surface area contributed by atoms with E-state index < -0.39 is 16.0 Å². The number of carboxylic acid groups (broad SMARTS) is 1. The lowest BCUT2D eigenvalue weighted by molar-refractivity contribution is -0.138. The third kappa shape index (κ3) is 5.47. The van der Waals surface area contributed by atoms with Crippen molar-refractivity contribution >= 4 is 16.0 Å². The van der Waals surface area contributed by atoms with Gasteiger partial charge in [-0.25, -0.2) is 18.5 Å². The fraction of sp³-hybridized carbons (Fsp3) is 0.286. The average molecular weight is 338 g/mol. The Morgan fingerprint density at radius 1 is 1.30 bits per heavy atom. The minimum absolute atomic E-state index is 0.0548. The highest BCUT2D eigenvalue weighted by atomic mass is 32.2. The molecule has 8 nitrogen and oxygen atoms in total. The molecule has 9 heteroatoms. The molecule has 0 unspecified atom stereocenters. The Morgan fingerprint density at radius 2 is 2.00 bits per heavy atom. The first kappa shape index (κ1) is 17.1. The largest absolute Gasteiger partial charge is 0.480 e. The van der Waals surface area contributed by atoms with E-state index in [1.165, 1.54) is 12.1 Å². The fourth-order valence-electron chi connectivity index (χ4n) is 2.13. The second-order valence-electron chi connectivity index (χ2n) is 5.08. The summed E-state index contributed by atoms with van der Waals surface area (Å²) < 4.78 is 22.4. The Labute approximate surface area is 134 Å². The van der Waals surface area contributed by atoms with Crippen molar-refractivity contribution in [3.05, 3.63) is 48.0 Å². The van der Waals surface area contributed by atoms with E-state index in [0.717, 1.165) is 5.56 Å². The van der Waals surface area contributed by atoms with E-state index >= 15 is 0 Å². The van der Waals surface area contributed by atoms with Gasteiger partial charge < -0.3 is 10.1 Å². The molecule has 124 valence electrons. The average Bonchev–Trinajstić information content (AvgIpc) is 2.96. The first-order valence-electron chi connectivity index (χ1n) is 6.89. The van der Waals surface area contributed by atoms with Crippen LogP contribution >= 0.6 is 0 Å². The summed E-state index contributed by atoms with van der Waals surface area (Å²) in [6.45, 7) is 0.798. The van der Waals surface area contributed by atoms with Gasteiger partial charge in [-0.05, 0) is 24.1 Å². The topological polar surface area (TPSA) is 129 Å². The van der Waals surface area contributed by atoms with Gasteiger partial charge in [-0.3, -0.25) is 9.69 Å². The first-order valence-corrected chi connectivity index (χ1v) is 8.43. The lowest BCUT2D eigenvalue weighted by Gasteiger charge is -2.19. The Bertz CT molecular complexity index is 742. The molecule has 1 aromatic carbocycles. The number of aromatic amines is 1. The Balaban J connectivity index is 1.98. The molecule has 1 heterocycles. The van der Waals surface area contributed by atoms with Gasteiger partial charge in [0.1, 0.15) is 5.82 Å². The molecule has 0 spiro atoms. The predicted octanol–water partition coefficient (Wildman–Crippen LogP) is 0.186. The summed E-state index contributed by atoms with van der Waals surface area (Å²) in [5.74, 6) is -0.225. The van der Waals surface area contributed by atoms with Crippen molar-refractivity contribution in [3.63, 3.8) is 0 Å².